The fraction of sp³-hybridized carbons (Fsp3) is 0.263. The van der Waals surface area contributed by atoms with Gasteiger partial charge in [0.05, 0.1) is 10.5 Å². The molecule has 0 saturated heterocycles. The molecule has 0 aliphatic heterocycles. The number of carboxylic acids is 2. The van der Waals surface area contributed by atoms with E-state index in [4.69, 9.17) is 5.11 Å². The molecule has 27 heavy (non-hydrogen) atoms. The molecule has 0 aliphatic carbocycles. The van der Waals surface area contributed by atoms with Crippen LogP contribution in [-0.4, -0.2) is 35.1 Å². The quantitative estimate of drug-likeness (QED) is 0.332. The molecule has 1 aromatic carbocycles. The van der Waals surface area contributed by atoms with Crippen LogP contribution in [0.4, 0.5) is 0 Å². The number of rotatable bonds is 9. The topological polar surface area (TPSA) is 129 Å². The van der Waals surface area contributed by atoms with Crippen molar-refractivity contribution in [2.75, 3.05) is 0 Å². The number of carboxylic acid groups (broad SMARTS) is 2. The molecular weight excluding hydrogens is 372 g/mol. The van der Waals surface area contributed by atoms with Crippen LogP contribution in [0.1, 0.15) is 38.7 Å². The lowest BCUT2D eigenvalue weighted by atomic mass is 9.98. The predicted octanol–water partition coefficient (Wildman–Crippen LogP) is 3.52. The van der Waals surface area contributed by atoms with Crippen LogP contribution in [0.3, 0.4) is 0 Å². The van der Waals surface area contributed by atoms with Crippen molar-refractivity contribution in [2.24, 2.45) is 0 Å². The second-order valence-corrected chi connectivity index (χ2v) is 7.22. The number of benzene rings is 1. The second kappa shape index (κ2) is 9.84. The van der Waals surface area contributed by atoms with Crippen LogP contribution in [0.25, 0.3) is 6.08 Å². The molecule has 0 spiro atoms. The average molecular weight is 394 g/mol. The number of hydrogen-bond donors (Lipinski definition) is 3. The Balaban J connectivity index is 3.82. The van der Waals surface area contributed by atoms with Gasteiger partial charge in [0.2, 0.25) is 0 Å². The number of hydrogen-bond acceptors (Lipinski definition) is 4. The summed E-state index contributed by atoms with van der Waals surface area (Å²) in [6, 6.07) is 8.24. The first-order chi connectivity index (χ1) is 12.6. The van der Waals surface area contributed by atoms with Crippen molar-refractivity contribution in [1.82, 2.24) is 0 Å². The molecule has 0 fully saturated rings. The molecule has 0 aliphatic rings. The van der Waals surface area contributed by atoms with Crippen LogP contribution in [-0.2, 0) is 19.7 Å². The highest BCUT2D eigenvalue weighted by Crippen LogP contribution is 2.29. The Labute approximate surface area is 158 Å². The van der Waals surface area contributed by atoms with Crippen molar-refractivity contribution in [1.29, 1.82) is 0 Å². The minimum atomic E-state index is -4.76. The maximum Gasteiger partial charge on any atom is 0.336 e. The van der Waals surface area contributed by atoms with Gasteiger partial charge in [-0.1, -0.05) is 43.7 Å². The molecular formula is C19H22O7S. The highest BCUT2D eigenvalue weighted by atomic mass is 32.2. The van der Waals surface area contributed by atoms with E-state index in [0.29, 0.717) is 18.4 Å². The van der Waals surface area contributed by atoms with E-state index in [1.54, 1.807) is 30.3 Å². The van der Waals surface area contributed by atoms with E-state index in [0.717, 1.165) is 6.08 Å². The van der Waals surface area contributed by atoms with E-state index >= 15 is 0 Å². The Kier molecular flexibility index (Phi) is 8.14. The van der Waals surface area contributed by atoms with Crippen molar-refractivity contribution in [3.05, 3.63) is 63.6 Å². The lowest BCUT2D eigenvalue weighted by Crippen LogP contribution is -2.12. The number of unbranched alkanes of at least 4 members (excludes halogenated alkanes) is 1. The minimum absolute atomic E-state index is 0.0417. The molecule has 8 heteroatoms. The maximum absolute atomic E-state index is 12.0. The SMILES string of the molecule is CCCCC(C(=Cc1ccccc1)S(=O)(=O)O)=C(C=C(C)C(=O)O)C(=O)O. The summed E-state index contributed by atoms with van der Waals surface area (Å²) in [5.41, 5.74) is -0.446. The first kappa shape index (κ1) is 22.3. The van der Waals surface area contributed by atoms with Gasteiger partial charge >= 0.3 is 11.9 Å². The first-order valence-electron chi connectivity index (χ1n) is 8.20. The second-order valence-electron chi connectivity index (χ2n) is 5.83. The summed E-state index contributed by atoms with van der Waals surface area (Å²) in [4.78, 5) is 22.3. The lowest BCUT2D eigenvalue weighted by molar-refractivity contribution is -0.132. The van der Waals surface area contributed by atoms with Gasteiger partial charge in [-0.05, 0) is 43.1 Å². The van der Waals surface area contributed by atoms with Crippen LogP contribution in [0, 0.1) is 0 Å². The fourth-order valence-electron chi connectivity index (χ4n) is 2.32. The van der Waals surface area contributed by atoms with Gasteiger partial charge in [-0.15, -0.1) is 0 Å². The first-order valence-corrected chi connectivity index (χ1v) is 9.64. The Hall–Kier alpha value is -2.71. The fourth-order valence-corrected chi connectivity index (χ4v) is 3.13. The smallest absolute Gasteiger partial charge is 0.336 e. The molecule has 1 aromatic rings. The third kappa shape index (κ3) is 6.84. The molecule has 0 aromatic heterocycles. The van der Waals surface area contributed by atoms with E-state index in [-0.39, 0.29) is 17.6 Å². The molecule has 0 radical (unpaired) electrons. The molecule has 0 unspecified atom stereocenters. The predicted molar refractivity (Wildman–Crippen MR) is 102 cm³/mol. The molecule has 0 atom stereocenters. The number of aliphatic carboxylic acids is 2. The molecule has 7 nitrogen and oxygen atoms in total. The van der Waals surface area contributed by atoms with E-state index in [1.165, 1.54) is 13.0 Å². The highest BCUT2D eigenvalue weighted by molar-refractivity contribution is 7.90. The van der Waals surface area contributed by atoms with Gasteiger partial charge in [0, 0.05) is 5.57 Å². The Morgan fingerprint density at radius 2 is 1.67 bits per heavy atom. The Bertz CT molecular complexity index is 891. The normalized spacial score (nSPS) is 13.9. The summed E-state index contributed by atoms with van der Waals surface area (Å²) >= 11 is 0. The van der Waals surface area contributed by atoms with Crippen molar-refractivity contribution in [3.63, 3.8) is 0 Å². The molecule has 0 saturated carbocycles. The zero-order chi connectivity index (χ0) is 20.6. The molecule has 146 valence electrons. The van der Waals surface area contributed by atoms with Gasteiger partial charge in [0.1, 0.15) is 0 Å². The van der Waals surface area contributed by atoms with Gasteiger partial charge < -0.3 is 10.2 Å². The summed E-state index contributed by atoms with van der Waals surface area (Å²) in [5.74, 6) is -2.81. The van der Waals surface area contributed by atoms with Crippen molar-refractivity contribution in [2.45, 2.75) is 33.1 Å². The van der Waals surface area contributed by atoms with Crippen molar-refractivity contribution < 1.29 is 32.8 Å². The highest BCUT2D eigenvalue weighted by Gasteiger charge is 2.25. The molecule has 0 heterocycles. The van der Waals surface area contributed by atoms with Gasteiger partial charge in [-0.3, -0.25) is 4.55 Å². The van der Waals surface area contributed by atoms with E-state index in [2.05, 4.69) is 0 Å². The number of carbonyl (C=O) groups is 2. The number of allylic oxidation sites excluding steroid dienone is 1. The van der Waals surface area contributed by atoms with Crippen molar-refractivity contribution >= 4 is 28.1 Å². The van der Waals surface area contributed by atoms with Crippen LogP contribution < -0.4 is 0 Å². The minimum Gasteiger partial charge on any atom is -0.478 e. The van der Waals surface area contributed by atoms with Gasteiger partial charge in [0.15, 0.2) is 0 Å². The van der Waals surface area contributed by atoms with E-state index in [1.807, 2.05) is 6.92 Å². The third-order valence-corrected chi connectivity index (χ3v) is 4.63. The van der Waals surface area contributed by atoms with Crippen LogP contribution >= 0.6 is 0 Å². The van der Waals surface area contributed by atoms with Gasteiger partial charge in [-0.2, -0.15) is 8.42 Å². The van der Waals surface area contributed by atoms with Crippen LogP contribution in [0.5, 0.6) is 0 Å². The molecule has 1 rings (SSSR count). The van der Waals surface area contributed by atoms with Crippen LogP contribution in [0.2, 0.25) is 0 Å². The summed E-state index contributed by atoms with van der Waals surface area (Å²) in [5, 5.41) is 18.6. The van der Waals surface area contributed by atoms with Crippen LogP contribution in [0.15, 0.2) is 58.0 Å². The van der Waals surface area contributed by atoms with E-state index < -0.39 is 32.5 Å². The monoisotopic (exact) mass is 394 g/mol. The third-order valence-electron chi connectivity index (χ3n) is 3.71. The average Bonchev–Trinajstić information content (AvgIpc) is 2.59. The Morgan fingerprint density at radius 3 is 2.11 bits per heavy atom. The zero-order valence-electron chi connectivity index (χ0n) is 15.0. The molecule has 0 amide bonds. The Morgan fingerprint density at radius 1 is 1.07 bits per heavy atom. The largest absolute Gasteiger partial charge is 0.478 e. The summed E-state index contributed by atoms with van der Waals surface area (Å²) < 4.78 is 33.7. The standard InChI is InChI=1S/C19H22O7S/c1-3-4-10-15(16(19(22)23)11-13(2)18(20)21)17(27(24,25)26)12-14-8-6-5-7-9-14/h5-9,11-12H,3-4,10H2,1-2H3,(H,20,21)(H,22,23)(H,24,25,26). The van der Waals surface area contributed by atoms with E-state index in [9.17, 15) is 27.7 Å². The maximum atomic E-state index is 12.0. The summed E-state index contributed by atoms with van der Waals surface area (Å²) in [6.07, 6.45) is 3.21. The van der Waals surface area contributed by atoms with Crippen molar-refractivity contribution in [3.8, 4) is 0 Å². The zero-order valence-corrected chi connectivity index (χ0v) is 15.9. The molecule has 3 N–H and O–H groups in total. The van der Waals surface area contributed by atoms with Gasteiger partial charge in [0.25, 0.3) is 10.1 Å². The summed E-state index contributed by atoms with van der Waals surface area (Å²) in [6.45, 7) is 3.04. The van der Waals surface area contributed by atoms with Gasteiger partial charge in [-0.25, -0.2) is 9.59 Å². The molecule has 0 bridgehead atoms. The lowest BCUT2D eigenvalue weighted by Gasteiger charge is -2.13. The summed E-state index contributed by atoms with van der Waals surface area (Å²) in [7, 11) is -4.76.